The number of amides is 1. The van der Waals surface area contributed by atoms with Gasteiger partial charge in [-0.2, -0.15) is 10.5 Å². The molecule has 0 spiro atoms. The third-order valence-electron chi connectivity index (χ3n) is 4.56. The predicted molar refractivity (Wildman–Crippen MR) is 111 cm³/mol. The zero-order valence-electron chi connectivity index (χ0n) is 16.8. The number of para-hydroxylation sites is 1. The lowest BCUT2D eigenvalue weighted by Gasteiger charge is -2.16. The summed E-state index contributed by atoms with van der Waals surface area (Å²) in [5.74, 6) is -1.52. The van der Waals surface area contributed by atoms with Crippen LogP contribution in [0.1, 0.15) is 22.4 Å². The molecule has 0 unspecified atom stereocenters. The molecular weight excluding hydrogens is 396 g/mol. The van der Waals surface area contributed by atoms with Gasteiger partial charge in [0.2, 0.25) is 0 Å². The number of benzene rings is 2. The second-order valence-electron chi connectivity index (χ2n) is 6.79. The van der Waals surface area contributed by atoms with Gasteiger partial charge >= 0.3 is 0 Å². The summed E-state index contributed by atoms with van der Waals surface area (Å²) < 4.78 is 1.56. The summed E-state index contributed by atoms with van der Waals surface area (Å²) in [4.78, 5) is 14.0. The summed E-state index contributed by atoms with van der Waals surface area (Å²) in [6.45, 7) is 1.60. The SMILES string of the molecule is Cc1cc(/C(O)=C(\C#N)C(=O)N(C)Cc2cn(-c3ccccc3)nn2)cc(C#N)c1O. The number of nitriles is 2. The largest absolute Gasteiger partial charge is 0.506 e. The van der Waals surface area contributed by atoms with Crippen molar-refractivity contribution in [3.8, 4) is 23.6 Å². The molecule has 0 radical (unpaired) electrons. The summed E-state index contributed by atoms with van der Waals surface area (Å²) >= 11 is 0. The summed E-state index contributed by atoms with van der Waals surface area (Å²) in [5, 5.41) is 47.1. The maximum absolute atomic E-state index is 12.8. The van der Waals surface area contributed by atoms with Gasteiger partial charge in [0, 0.05) is 12.6 Å². The van der Waals surface area contributed by atoms with Crippen LogP contribution in [0.5, 0.6) is 5.75 Å². The van der Waals surface area contributed by atoms with Gasteiger partial charge in [0.25, 0.3) is 5.91 Å². The van der Waals surface area contributed by atoms with Crippen LogP contribution in [0.4, 0.5) is 0 Å². The number of rotatable bonds is 5. The molecule has 9 nitrogen and oxygen atoms in total. The third-order valence-corrected chi connectivity index (χ3v) is 4.56. The van der Waals surface area contributed by atoms with E-state index in [1.54, 1.807) is 23.9 Å². The Morgan fingerprint density at radius 2 is 1.94 bits per heavy atom. The normalized spacial score (nSPS) is 11.2. The molecule has 3 rings (SSSR count). The Kier molecular flexibility index (Phi) is 5.99. The standard InChI is InChI=1S/C22H18N6O3/c1-14-8-15(9-16(10-23)20(14)29)21(30)19(11-24)22(31)27(2)12-17-13-28(26-25-17)18-6-4-3-5-7-18/h3-9,13,29-30H,12H2,1-2H3/b21-19-. The van der Waals surface area contributed by atoms with Crippen LogP contribution in [0.2, 0.25) is 0 Å². The summed E-state index contributed by atoms with van der Waals surface area (Å²) in [6.07, 6.45) is 1.66. The zero-order chi connectivity index (χ0) is 22.5. The molecule has 31 heavy (non-hydrogen) atoms. The van der Waals surface area contributed by atoms with Gasteiger partial charge in [0.1, 0.15) is 29.3 Å². The van der Waals surface area contributed by atoms with Crippen molar-refractivity contribution in [1.29, 1.82) is 10.5 Å². The maximum Gasteiger partial charge on any atom is 0.268 e. The van der Waals surface area contributed by atoms with Crippen LogP contribution >= 0.6 is 0 Å². The van der Waals surface area contributed by atoms with Crippen LogP contribution in [-0.4, -0.2) is 43.1 Å². The quantitative estimate of drug-likeness (QED) is 0.371. The van der Waals surface area contributed by atoms with Crippen LogP contribution in [-0.2, 0) is 11.3 Å². The van der Waals surface area contributed by atoms with E-state index < -0.39 is 17.2 Å². The van der Waals surface area contributed by atoms with Gasteiger partial charge in [0.15, 0.2) is 5.57 Å². The Morgan fingerprint density at radius 1 is 1.23 bits per heavy atom. The van der Waals surface area contributed by atoms with Crippen LogP contribution in [0.3, 0.4) is 0 Å². The fourth-order valence-electron chi connectivity index (χ4n) is 2.93. The van der Waals surface area contributed by atoms with Gasteiger partial charge in [-0.05, 0) is 36.8 Å². The Bertz CT molecular complexity index is 1250. The number of phenols is 1. The Hall–Kier alpha value is -4.63. The van der Waals surface area contributed by atoms with Crippen LogP contribution < -0.4 is 0 Å². The molecule has 0 saturated heterocycles. The van der Waals surface area contributed by atoms with E-state index in [1.165, 1.54) is 24.1 Å². The smallest absolute Gasteiger partial charge is 0.268 e. The lowest BCUT2D eigenvalue weighted by Crippen LogP contribution is -2.28. The van der Waals surface area contributed by atoms with Crippen molar-refractivity contribution in [3.63, 3.8) is 0 Å². The van der Waals surface area contributed by atoms with Crippen molar-refractivity contribution in [3.05, 3.63) is 76.6 Å². The Labute approximate surface area is 178 Å². The molecule has 1 aromatic heterocycles. The van der Waals surface area contributed by atoms with Crippen molar-refractivity contribution in [1.82, 2.24) is 19.9 Å². The number of carbonyl (C=O) groups excluding carboxylic acids is 1. The molecule has 9 heteroatoms. The van der Waals surface area contributed by atoms with E-state index in [0.717, 1.165) is 5.69 Å². The van der Waals surface area contributed by atoms with E-state index in [4.69, 9.17) is 5.26 Å². The zero-order valence-corrected chi connectivity index (χ0v) is 16.8. The number of nitrogens with zero attached hydrogens (tertiary/aromatic N) is 6. The van der Waals surface area contributed by atoms with Gasteiger partial charge in [-0.1, -0.05) is 23.4 Å². The highest BCUT2D eigenvalue weighted by Gasteiger charge is 2.22. The van der Waals surface area contributed by atoms with Crippen LogP contribution in [0.25, 0.3) is 11.4 Å². The van der Waals surface area contributed by atoms with Gasteiger partial charge < -0.3 is 15.1 Å². The van der Waals surface area contributed by atoms with Crippen molar-refractivity contribution >= 4 is 11.7 Å². The minimum Gasteiger partial charge on any atom is -0.506 e. The average molecular weight is 414 g/mol. The van der Waals surface area contributed by atoms with E-state index in [9.17, 15) is 20.3 Å². The van der Waals surface area contributed by atoms with Crippen molar-refractivity contribution < 1.29 is 15.0 Å². The number of hydrogen-bond donors (Lipinski definition) is 2. The number of aliphatic hydroxyl groups excluding tert-OH is 1. The third kappa shape index (κ3) is 4.36. The maximum atomic E-state index is 12.8. The first-order chi connectivity index (χ1) is 14.8. The topological polar surface area (TPSA) is 139 Å². The number of aryl methyl sites for hydroxylation is 1. The second-order valence-corrected chi connectivity index (χ2v) is 6.79. The molecule has 3 aromatic rings. The van der Waals surface area contributed by atoms with E-state index in [-0.39, 0.29) is 23.4 Å². The molecule has 0 aliphatic rings. The molecule has 0 fully saturated rings. The second kappa shape index (κ2) is 8.80. The number of likely N-dealkylation sites (N-methyl/N-ethyl adjacent to an activating group) is 1. The molecule has 0 aliphatic carbocycles. The molecular formula is C22H18N6O3. The fraction of sp³-hybridized carbons (Fsp3) is 0.136. The van der Waals surface area contributed by atoms with E-state index in [2.05, 4.69) is 10.3 Å². The highest BCUT2D eigenvalue weighted by Crippen LogP contribution is 2.27. The van der Waals surface area contributed by atoms with Gasteiger partial charge in [0.05, 0.1) is 24.0 Å². The number of aliphatic hydroxyl groups is 1. The molecule has 0 saturated carbocycles. The van der Waals surface area contributed by atoms with E-state index >= 15 is 0 Å². The van der Waals surface area contributed by atoms with E-state index in [0.29, 0.717) is 11.3 Å². The molecule has 0 aliphatic heterocycles. The predicted octanol–water partition coefficient (Wildman–Crippen LogP) is 2.60. The molecule has 0 atom stereocenters. The van der Waals surface area contributed by atoms with Crippen molar-refractivity contribution in [2.24, 2.45) is 0 Å². The average Bonchev–Trinajstić information content (AvgIpc) is 3.24. The number of aromatic hydroxyl groups is 1. The Morgan fingerprint density at radius 3 is 2.58 bits per heavy atom. The lowest BCUT2D eigenvalue weighted by atomic mass is 10.0. The van der Waals surface area contributed by atoms with Gasteiger partial charge in [-0.3, -0.25) is 4.79 Å². The number of phenolic OH excluding ortho intramolecular Hbond substituents is 1. The van der Waals surface area contributed by atoms with Gasteiger partial charge in [-0.15, -0.1) is 5.10 Å². The number of carbonyl (C=O) groups is 1. The Balaban J connectivity index is 1.85. The molecule has 2 aromatic carbocycles. The summed E-state index contributed by atoms with van der Waals surface area (Å²) in [5.41, 5.74) is 1.14. The minimum absolute atomic E-state index is 0.0577. The highest BCUT2D eigenvalue weighted by molar-refractivity contribution is 6.03. The highest BCUT2D eigenvalue weighted by atomic mass is 16.3. The summed E-state index contributed by atoms with van der Waals surface area (Å²) in [6, 6.07) is 15.5. The van der Waals surface area contributed by atoms with Crippen LogP contribution in [0.15, 0.2) is 54.2 Å². The molecule has 154 valence electrons. The first-order valence-electron chi connectivity index (χ1n) is 9.15. The fourth-order valence-corrected chi connectivity index (χ4v) is 2.93. The molecule has 1 amide bonds. The van der Waals surface area contributed by atoms with Crippen LogP contribution in [0, 0.1) is 29.6 Å². The molecule has 0 bridgehead atoms. The first kappa shape index (κ1) is 21.1. The number of aromatic nitrogens is 3. The van der Waals surface area contributed by atoms with Crippen molar-refractivity contribution in [2.75, 3.05) is 7.05 Å². The number of hydrogen-bond acceptors (Lipinski definition) is 7. The monoisotopic (exact) mass is 414 g/mol. The van der Waals surface area contributed by atoms with E-state index in [1.807, 2.05) is 36.4 Å². The molecule has 1 heterocycles. The minimum atomic E-state index is -0.724. The van der Waals surface area contributed by atoms with Gasteiger partial charge in [-0.25, -0.2) is 4.68 Å². The first-order valence-corrected chi connectivity index (χ1v) is 9.15. The molecule has 2 N–H and O–H groups in total. The van der Waals surface area contributed by atoms with Crippen molar-refractivity contribution in [2.45, 2.75) is 13.5 Å². The summed E-state index contributed by atoms with van der Waals surface area (Å²) in [7, 11) is 1.47. The lowest BCUT2D eigenvalue weighted by molar-refractivity contribution is -0.126.